The van der Waals surface area contributed by atoms with E-state index in [1.54, 1.807) is 19.4 Å². The van der Waals surface area contributed by atoms with E-state index in [-0.39, 0.29) is 0 Å². The highest BCUT2D eigenvalue weighted by Gasteiger charge is 2.21. The van der Waals surface area contributed by atoms with Crippen molar-refractivity contribution in [3.8, 4) is 11.8 Å². The maximum absolute atomic E-state index is 9.00. The van der Waals surface area contributed by atoms with Gasteiger partial charge in [0.1, 0.15) is 18.0 Å². The summed E-state index contributed by atoms with van der Waals surface area (Å²) >= 11 is 0. The molecule has 0 saturated heterocycles. The Morgan fingerprint density at radius 1 is 1.32 bits per heavy atom. The second-order valence-corrected chi connectivity index (χ2v) is 4.21. The topological polar surface area (TPSA) is 62.5 Å². The standard InChI is InChI=1S/C15H11N3O/c1-19-14-7-10(4-5-11(14)8-16)13-9-18-15-12(13)3-2-6-17-15/h2-7,9H,1H3,(H,17,18)/p+1. The first-order valence-corrected chi connectivity index (χ1v) is 5.92. The lowest BCUT2D eigenvalue weighted by Crippen LogP contribution is -2.70. The zero-order valence-corrected chi connectivity index (χ0v) is 10.4. The Balaban J connectivity index is 2.08. The first kappa shape index (κ1) is 11.5. The molecular weight excluding hydrogens is 238 g/mol. The Labute approximate surface area is 111 Å². The smallest absolute Gasteiger partial charge is 0.237 e. The van der Waals surface area contributed by atoms with E-state index in [4.69, 9.17) is 10.00 Å². The van der Waals surface area contributed by atoms with E-state index in [0.29, 0.717) is 11.3 Å². The van der Waals surface area contributed by atoms with Crippen molar-refractivity contribution in [2.75, 3.05) is 7.11 Å². The second-order valence-electron chi connectivity index (χ2n) is 4.21. The maximum atomic E-state index is 9.00. The highest BCUT2D eigenvalue weighted by Crippen LogP contribution is 2.31. The number of pyridine rings is 1. The van der Waals surface area contributed by atoms with Crippen molar-refractivity contribution in [3.63, 3.8) is 0 Å². The largest absolute Gasteiger partial charge is 0.495 e. The minimum atomic E-state index is 0.542. The summed E-state index contributed by atoms with van der Waals surface area (Å²) in [5, 5.41) is 11.0. The van der Waals surface area contributed by atoms with Crippen LogP contribution in [0.1, 0.15) is 16.7 Å². The Morgan fingerprint density at radius 2 is 2.21 bits per heavy atom. The van der Waals surface area contributed by atoms with E-state index >= 15 is 0 Å². The molecule has 4 nitrogen and oxygen atoms in total. The molecule has 0 atom stereocenters. The molecule has 0 spiro atoms. The fourth-order valence-corrected chi connectivity index (χ4v) is 2.23. The van der Waals surface area contributed by atoms with Gasteiger partial charge in [0, 0.05) is 6.20 Å². The van der Waals surface area contributed by atoms with Crippen molar-refractivity contribution in [1.29, 1.82) is 5.26 Å². The van der Waals surface area contributed by atoms with Gasteiger partial charge in [0.2, 0.25) is 5.82 Å². The van der Waals surface area contributed by atoms with Crippen LogP contribution in [0.4, 0.5) is 5.82 Å². The van der Waals surface area contributed by atoms with E-state index in [9.17, 15) is 0 Å². The molecule has 0 bridgehead atoms. The van der Waals surface area contributed by atoms with E-state index < -0.39 is 0 Å². The number of hydrogen-bond donors (Lipinski definition) is 1. The minimum Gasteiger partial charge on any atom is -0.495 e. The minimum absolute atomic E-state index is 0.542. The van der Waals surface area contributed by atoms with Crippen LogP contribution in [-0.2, 0) is 0 Å². The van der Waals surface area contributed by atoms with Crippen molar-refractivity contribution >= 4 is 11.4 Å². The monoisotopic (exact) mass is 250 g/mol. The average Bonchev–Trinajstić information content (AvgIpc) is 2.90. The van der Waals surface area contributed by atoms with Crippen molar-refractivity contribution in [1.82, 2.24) is 4.98 Å². The molecule has 4 heteroatoms. The molecule has 3 rings (SSSR count). The van der Waals surface area contributed by atoms with Crippen molar-refractivity contribution in [2.45, 2.75) is 0 Å². The molecule has 1 aromatic heterocycles. The summed E-state index contributed by atoms with van der Waals surface area (Å²) in [6.45, 7) is 0. The highest BCUT2D eigenvalue weighted by atomic mass is 16.5. The third kappa shape index (κ3) is 1.86. The number of rotatable bonds is 2. The summed E-state index contributed by atoms with van der Waals surface area (Å²) in [5.74, 6) is 1.57. The number of nitrogens with zero attached hydrogens (tertiary/aromatic N) is 2. The molecular formula is C15H12N3O+. The number of fused-ring (bicyclic) bond motifs is 1. The van der Waals surface area contributed by atoms with Crippen LogP contribution in [0.25, 0.3) is 5.57 Å². The molecule has 0 aliphatic carbocycles. The average molecular weight is 250 g/mol. The molecule has 2 N–H and O–H groups in total. The number of aromatic nitrogens is 1. The number of benzene rings is 1. The van der Waals surface area contributed by atoms with Gasteiger partial charge in [-0.15, -0.1) is 0 Å². The van der Waals surface area contributed by atoms with Crippen LogP contribution >= 0.6 is 0 Å². The number of ether oxygens (including phenoxy) is 1. The van der Waals surface area contributed by atoms with Gasteiger partial charge < -0.3 is 4.74 Å². The lowest BCUT2D eigenvalue weighted by atomic mass is 9.99. The van der Waals surface area contributed by atoms with Gasteiger partial charge in [-0.3, -0.25) is 5.32 Å². The van der Waals surface area contributed by atoms with Crippen LogP contribution in [0, 0.1) is 11.3 Å². The number of nitriles is 1. The van der Waals surface area contributed by atoms with Gasteiger partial charge >= 0.3 is 0 Å². The van der Waals surface area contributed by atoms with Gasteiger partial charge in [-0.1, -0.05) is 6.07 Å². The summed E-state index contributed by atoms with van der Waals surface area (Å²) < 4.78 is 5.25. The number of hydrogen-bond acceptors (Lipinski definition) is 3. The van der Waals surface area contributed by atoms with Crippen LogP contribution in [0.5, 0.6) is 5.75 Å². The Kier molecular flexibility index (Phi) is 2.75. The van der Waals surface area contributed by atoms with E-state index in [2.05, 4.69) is 11.1 Å². The zero-order chi connectivity index (χ0) is 13.2. The normalized spacial score (nSPS) is 12.5. The van der Waals surface area contributed by atoms with E-state index in [1.807, 2.05) is 35.8 Å². The SMILES string of the molecule is COc1cc(C2=C[NH2+]c3ncccc32)ccc1C#N. The second kappa shape index (κ2) is 4.56. The molecule has 0 saturated carbocycles. The molecule has 92 valence electrons. The van der Waals surface area contributed by atoms with Crippen molar-refractivity contribution < 1.29 is 10.1 Å². The first-order chi connectivity index (χ1) is 9.33. The fourth-order valence-electron chi connectivity index (χ4n) is 2.23. The van der Waals surface area contributed by atoms with Crippen molar-refractivity contribution in [3.05, 3.63) is 59.4 Å². The van der Waals surface area contributed by atoms with Crippen LogP contribution in [0.3, 0.4) is 0 Å². The fraction of sp³-hybridized carbons (Fsp3) is 0.0667. The summed E-state index contributed by atoms with van der Waals surface area (Å²) in [6.07, 6.45) is 3.82. The molecule has 1 aromatic carbocycles. The molecule has 1 aliphatic rings. The number of quaternary nitrogens is 1. The number of nitrogens with two attached hydrogens (primary N) is 1. The molecule has 1 aliphatic heterocycles. The zero-order valence-electron chi connectivity index (χ0n) is 10.4. The summed E-state index contributed by atoms with van der Waals surface area (Å²) in [4.78, 5) is 4.32. The van der Waals surface area contributed by atoms with Crippen molar-refractivity contribution in [2.24, 2.45) is 0 Å². The van der Waals surface area contributed by atoms with Crippen LogP contribution in [0.2, 0.25) is 0 Å². The lowest BCUT2D eigenvalue weighted by Gasteiger charge is -2.06. The first-order valence-electron chi connectivity index (χ1n) is 5.92. The number of methoxy groups -OCH3 is 1. The van der Waals surface area contributed by atoms with Gasteiger partial charge in [0.25, 0.3) is 0 Å². The Bertz CT molecular complexity index is 714. The van der Waals surface area contributed by atoms with Crippen LogP contribution in [0.15, 0.2) is 42.7 Å². The molecule has 2 aromatic rings. The van der Waals surface area contributed by atoms with Gasteiger partial charge in [0.05, 0.1) is 23.8 Å². The summed E-state index contributed by atoms with van der Waals surface area (Å²) in [5.41, 5.74) is 3.78. The third-order valence-corrected chi connectivity index (χ3v) is 3.17. The predicted octanol–water partition coefficient (Wildman–Crippen LogP) is 1.56. The third-order valence-electron chi connectivity index (χ3n) is 3.17. The maximum Gasteiger partial charge on any atom is 0.237 e. The predicted molar refractivity (Wildman–Crippen MR) is 70.6 cm³/mol. The molecule has 0 fully saturated rings. The van der Waals surface area contributed by atoms with Gasteiger partial charge in [0.15, 0.2) is 0 Å². The van der Waals surface area contributed by atoms with E-state index in [0.717, 1.165) is 22.5 Å². The quantitative estimate of drug-likeness (QED) is 0.879. The highest BCUT2D eigenvalue weighted by molar-refractivity contribution is 5.85. The summed E-state index contributed by atoms with van der Waals surface area (Å²) in [7, 11) is 1.57. The Hall–Kier alpha value is -2.64. The molecule has 0 radical (unpaired) electrons. The van der Waals surface area contributed by atoms with Gasteiger partial charge in [-0.25, -0.2) is 4.98 Å². The van der Waals surface area contributed by atoms with Crippen LogP contribution in [-0.4, -0.2) is 12.1 Å². The lowest BCUT2D eigenvalue weighted by molar-refractivity contribution is -0.495. The molecule has 19 heavy (non-hydrogen) atoms. The Morgan fingerprint density at radius 3 is 3.00 bits per heavy atom. The van der Waals surface area contributed by atoms with E-state index in [1.165, 1.54) is 0 Å². The molecule has 2 heterocycles. The van der Waals surface area contributed by atoms with Gasteiger partial charge in [-0.2, -0.15) is 5.26 Å². The molecule has 0 unspecified atom stereocenters. The van der Waals surface area contributed by atoms with Crippen LogP contribution < -0.4 is 10.1 Å². The molecule has 0 amide bonds. The van der Waals surface area contributed by atoms with Gasteiger partial charge in [-0.05, 0) is 29.8 Å². The summed E-state index contributed by atoms with van der Waals surface area (Å²) in [6, 6.07) is 11.7.